The van der Waals surface area contributed by atoms with E-state index in [9.17, 15) is 4.79 Å². The summed E-state index contributed by atoms with van der Waals surface area (Å²) in [5, 5.41) is 6.02. The summed E-state index contributed by atoms with van der Waals surface area (Å²) in [7, 11) is 1.80. The molecule has 0 saturated heterocycles. The van der Waals surface area contributed by atoms with E-state index in [1.807, 2.05) is 50.2 Å². The number of nitrogens with zero attached hydrogens (tertiary/aromatic N) is 1. The van der Waals surface area contributed by atoms with Crippen LogP contribution < -0.4 is 10.6 Å². The first-order chi connectivity index (χ1) is 9.61. The fourth-order valence-electron chi connectivity index (χ4n) is 2.05. The van der Waals surface area contributed by atoms with Crippen LogP contribution in [0.25, 0.3) is 0 Å². The summed E-state index contributed by atoms with van der Waals surface area (Å²) in [6.07, 6.45) is 1.61. The van der Waals surface area contributed by atoms with Crippen LogP contribution in [0.5, 0.6) is 0 Å². The summed E-state index contributed by atoms with van der Waals surface area (Å²) in [4.78, 5) is 16.5. The van der Waals surface area contributed by atoms with Crippen LogP contribution in [-0.4, -0.2) is 17.9 Å². The first kappa shape index (κ1) is 14.1. The van der Waals surface area contributed by atoms with Crippen LogP contribution in [0.3, 0.4) is 0 Å². The number of carbonyl (C=O) groups excluding carboxylic acids is 1. The van der Waals surface area contributed by atoms with Crippen molar-refractivity contribution in [1.29, 1.82) is 0 Å². The number of amides is 1. The van der Waals surface area contributed by atoms with Crippen LogP contribution in [0.2, 0.25) is 0 Å². The Morgan fingerprint density at radius 1 is 1.25 bits per heavy atom. The Bertz CT molecular complexity index is 596. The van der Waals surface area contributed by atoms with Gasteiger partial charge in [-0.3, -0.25) is 9.78 Å². The van der Waals surface area contributed by atoms with Gasteiger partial charge in [-0.1, -0.05) is 30.3 Å². The van der Waals surface area contributed by atoms with Crippen molar-refractivity contribution in [3.63, 3.8) is 0 Å². The molecule has 1 unspecified atom stereocenters. The zero-order chi connectivity index (χ0) is 14.5. The lowest BCUT2D eigenvalue weighted by Crippen LogP contribution is -2.27. The lowest BCUT2D eigenvalue weighted by molar-refractivity contribution is 0.0940. The zero-order valence-corrected chi connectivity index (χ0v) is 12.0. The molecule has 2 aromatic rings. The lowest BCUT2D eigenvalue weighted by Gasteiger charge is -2.16. The van der Waals surface area contributed by atoms with Gasteiger partial charge in [0, 0.05) is 18.9 Å². The summed E-state index contributed by atoms with van der Waals surface area (Å²) < 4.78 is 0. The second-order valence-corrected chi connectivity index (χ2v) is 4.73. The van der Waals surface area contributed by atoms with Crippen LogP contribution in [0.1, 0.15) is 34.6 Å². The molecule has 0 fully saturated rings. The monoisotopic (exact) mass is 269 g/mol. The molecule has 0 aliphatic rings. The van der Waals surface area contributed by atoms with Crippen molar-refractivity contribution in [3.05, 3.63) is 59.4 Å². The molecule has 20 heavy (non-hydrogen) atoms. The lowest BCUT2D eigenvalue weighted by atomic mass is 10.1. The highest BCUT2D eigenvalue weighted by Crippen LogP contribution is 2.17. The highest BCUT2D eigenvalue weighted by molar-refractivity contribution is 5.99. The number of pyridine rings is 1. The van der Waals surface area contributed by atoms with Crippen molar-refractivity contribution >= 4 is 11.6 Å². The molecule has 0 bridgehead atoms. The van der Waals surface area contributed by atoms with E-state index in [-0.39, 0.29) is 11.9 Å². The minimum atomic E-state index is -0.127. The first-order valence-corrected chi connectivity index (χ1v) is 6.62. The smallest absolute Gasteiger partial charge is 0.255 e. The standard InChI is InChI=1S/C16H19N3O/c1-11-9-15(17-3)14(10-18-11)16(20)19-12(2)13-7-5-4-6-8-13/h4-10,12H,1-3H3,(H,17,18)(H,19,20). The van der Waals surface area contributed by atoms with Gasteiger partial charge < -0.3 is 10.6 Å². The molecule has 104 valence electrons. The SMILES string of the molecule is CNc1cc(C)ncc1C(=O)NC(C)c1ccccc1. The third-order valence-corrected chi connectivity index (χ3v) is 3.20. The van der Waals surface area contributed by atoms with Crippen molar-refractivity contribution in [2.24, 2.45) is 0 Å². The van der Waals surface area contributed by atoms with Crippen molar-refractivity contribution < 1.29 is 4.79 Å². The quantitative estimate of drug-likeness (QED) is 0.897. The third-order valence-electron chi connectivity index (χ3n) is 3.20. The highest BCUT2D eigenvalue weighted by Gasteiger charge is 2.14. The Hall–Kier alpha value is -2.36. The maximum Gasteiger partial charge on any atom is 0.255 e. The van der Waals surface area contributed by atoms with E-state index in [0.29, 0.717) is 5.56 Å². The number of aromatic nitrogens is 1. The summed E-state index contributed by atoms with van der Waals surface area (Å²) in [5.41, 5.74) is 3.30. The number of carbonyl (C=O) groups is 1. The predicted octanol–water partition coefficient (Wildman–Crippen LogP) is 2.92. The fourth-order valence-corrected chi connectivity index (χ4v) is 2.05. The molecule has 0 spiro atoms. The van der Waals surface area contributed by atoms with Crippen LogP contribution >= 0.6 is 0 Å². The van der Waals surface area contributed by atoms with E-state index in [0.717, 1.165) is 16.9 Å². The molecule has 0 saturated carbocycles. The Balaban J connectivity index is 2.16. The zero-order valence-electron chi connectivity index (χ0n) is 12.0. The summed E-state index contributed by atoms with van der Waals surface area (Å²) in [5.74, 6) is -0.127. The number of anilines is 1. The molecule has 2 N–H and O–H groups in total. The average Bonchev–Trinajstić information content (AvgIpc) is 2.47. The molecule has 1 aromatic carbocycles. The minimum Gasteiger partial charge on any atom is -0.387 e. The van der Waals surface area contributed by atoms with Gasteiger partial charge in [-0.2, -0.15) is 0 Å². The van der Waals surface area contributed by atoms with E-state index in [1.165, 1.54) is 0 Å². The van der Waals surface area contributed by atoms with Gasteiger partial charge in [0.15, 0.2) is 0 Å². The van der Waals surface area contributed by atoms with E-state index in [1.54, 1.807) is 13.2 Å². The first-order valence-electron chi connectivity index (χ1n) is 6.62. The molecule has 0 aliphatic carbocycles. The Kier molecular flexibility index (Phi) is 4.35. The van der Waals surface area contributed by atoms with Gasteiger partial charge in [-0.05, 0) is 25.5 Å². The Labute approximate surface area is 119 Å². The molecular formula is C16H19N3O. The van der Waals surface area contributed by atoms with Crippen LogP contribution in [0.15, 0.2) is 42.6 Å². The van der Waals surface area contributed by atoms with E-state index in [4.69, 9.17) is 0 Å². The number of hydrogen-bond acceptors (Lipinski definition) is 3. The van der Waals surface area contributed by atoms with Crippen LogP contribution in [0, 0.1) is 6.92 Å². The fraction of sp³-hybridized carbons (Fsp3) is 0.250. The molecule has 1 heterocycles. The number of benzene rings is 1. The van der Waals surface area contributed by atoms with E-state index >= 15 is 0 Å². The molecule has 0 aliphatic heterocycles. The van der Waals surface area contributed by atoms with Crippen molar-refractivity contribution in [3.8, 4) is 0 Å². The van der Waals surface area contributed by atoms with E-state index < -0.39 is 0 Å². The molecular weight excluding hydrogens is 250 g/mol. The van der Waals surface area contributed by atoms with Gasteiger partial charge in [0.25, 0.3) is 5.91 Å². The summed E-state index contributed by atoms with van der Waals surface area (Å²) in [6, 6.07) is 11.7. The molecule has 4 heteroatoms. The Morgan fingerprint density at radius 2 is 1.95 bits per heavy atom. The number of nitrogens with one attached hydrogen (secondary N) is 2. The molecule has 1 amide bonds. The van der Waals surface area contributed by atoms with Gasteiger partial charge in [-0.15, -0.1) is 0 Å². The molecule has 0 radical (unpaired) electrons. The van der Waals surface area contributed by atoms with Gasteiger partial charge in [0.05, 0.1) is 17.3 Å². The highest BCUT2D eigenvalue weighted by atomic mass is 16.1. The number of rotatable bonds is 4. The maximum absolute atomic E-state index is 12.3. The second-order valence-electron chi connectivity index (χ2n) is 4.73. The van der Waals surface area contributed by atoms with Crippen molar-refractivity contribution in [1.82, 2.24) is 10.3 Å². The molecule has 2 rings (SSSR count). The molecule has 1 aromatic heterocycles. The van der Waals surface area contributed by atoms with Crippen molar-refractivity contribution in [2.75, 3.05) is 12.4 Å². The molecule has 4 nitrogen and oxygen atoms in total. The van der Waals surface area contributed by atoms with Gasteiger partial charge >= 0.3 is 0 Å². The summed E-state index contributed by atoms with van der Waals surface area (Å²) in [6.45, 7) is 3.86. The maximum atomic E-state index is 12.3. The number of aryl methyl sites for hydroxylation is 1. The average molecular weight is 269 g/mol. The molecule has 1 atom stereocenters. The predicted molar refractivity (Wildman–Crippen MR) is 80.8 cm³/mol. The van der Waals surface area contributed by atoms with Gasteiger partial charge in [0.2, 0.25) is 0 Å². The largest absolute Gasteiger partial charge is 0.387 e. The minimum absolute atomic E-state index is 0.0466. The number of hydrogen-bond donors (Lipinski definition) is 2. The normalized spacial score (nSPS) is 11.8. The van der Waals surface area contributed by atoms with Gasteiger partial charge in [-0.25, -0.2) is 0 Å². The third kappa shape index (κ3) is 3.15. The van der Waals surface area contributed by atoms with Crippen LogP contribution in [-0.2, 0) is 0 Å². The summed E-state index contributed by atoms with van der Waals surface area (Å²) >= 11 is 0. The van der Waals surface area contributed by atoms with Crippen molar-refractivity contribution in [2.45, 2.75) is 19.9 Å². The van der Waals surface area contributed by atoms with Gasteiger partial charge in [0.1, 0.15) is 0 Å². The van der Waals surface area contributed by atoms with Crippen LogP contribution in [0.4, 0.5) is 5.69 Å². The second kappa shape index (κ2) is 6.19. The van der Waals surface area contributed by atoms with E-state index in [2.05, 4.69) is 15.6 Å². The Morgan fingerprint density at radius 3 is 2.60 bits per heavy atom. The topological polar surface area (TPSA) is 54.0 Å².